The Kier molecular flexibility index (Phi) is 4.04. The van der Waals surface area contributed by atoms with Gasteiger partial charge in [-0.2, -0.15) is 0 Å². The Bertz CT molecular complexity index is 361. The minimum Gasteiger partial charge on any atom is -0.378 e. The molecule has 2 unspecified atom stereocenters. The number of halogens is 2. The molecule has 0 amide bonds. The second-order valence-corrected chi connectivity index (χ2v) is 4.23. The molecule has 0 aromatic heterocycles. The smallest absolute Gasteiger partial charge is 0.130 e. The predicted molar refractivity (Wildman–Crippen MR) is 60.0 cm³/mol. The van der Waals surface area contributed by atoms with Crippen LogP contribution in [0.25, 0.3) is 0 Å². The second kappa shape index (κ2) is 5.53. The van der Waals surface area contributed by atoms with Gasteiger partial charge in [0.15, 0.2) is 0 Å². The van der Waals surface area contributed by atoms with E-state index in [1.807, 2.05) is 0 Å². The van der Waals surface area contributed by atoms with Crippen molar-refractivity contribution >= 4 is 0 Å². The van der Waals surface area contributed by atoms with Gasteiger partial charge in [0.1, 0.15) is 11.6 Å². The number of nitrogens with two attached hydrogens (primary N) is 1. The number of benzene rings is 1. The lowest BCUT2D eigenvalue weighted by Crippen LogP contribution is -2.32. The second-order valence-electron chi connectivity index (χ2n) is 4.23. The first-order valence-electron chi connectivity index (χ1n) is 5.74. The van der Waals surface area contributed by atoms with Gasteiger partial charge in [0, 0.05) is 12.2 Å². The van der Waals surface area contributed by atoms with E-state index in [-0.39, 0.29) is 11.7 Å². The summed E-state index contributed by atoms with van der Waals surface area (Å²) in [7, 11) is 0. The third-order valence-corrected chi connectivity index (χ3v) is 3.07. The quantitative estimate of drug-likeness (QED) is 0.627. The molecule has 1 fully saturated rings. The van der Waals surface area contributed by atoms with Gasteiger partial charge in [-0.3, -0.25) is 11.3 Å². The van der Waals surface area contributed by atoms with Crippen molar-refractivity contribution in [1.82, 2.24) is 5.43 Å². The van der Waals surface area contributed by atoms with Crippen LogP contribution in [0.3, 0.4) is 0 Å². The summed E-state index contributed by atoms with van der Waals surface area (Å²) in [5, 5.41) is 0. The van der Waals surface area contributed by atoms with Crippen molar-refractivity contribution in [2.24, 2.45) is 5.84 Å². The van der Waals surface area contributed by atoms with Crippen molar-refractivity contribution in [1.29, 1.82) is 0 Å². The third-order valence-electron chi connectivity index (χ3n) is 3.07. The molecule has 3 nitrogen and oxygen atoms in total. The molecule has 3 N–H and O–H groups in total. The molecule has 1 aliphatic heterocycles. The summed E-state index contributed by atoms with van der Waals surface area (Å²) < 4.78 is 32.6. The van der Waals surface area contributed by atoms with Crippen LogP contribution < -0.4 is 11.3 Å². The summed E-state index contributed by atoms with van der Waals surface area (Å²) in [5.74, 6) is 4.23. The van der Waals surface area contributed by atoms with E-state index in [4.69, 9.17) is 10.6 Å². The van der Waals surface area contributed by atoms with Gasteiger partial charge in [0.2, 0.25) is 0 Å². The van der Waals surface area contributed by atoms with Gasteiger partial charge in [-0.15, -0.1) is 0 Å². The Morgan fingerprint density at radius 1 is 1.41 bits per heavy atom. The largest absolute Gasteiger partial charge is 0.378 e. The summed E-state index contributed by atoms with van der Waals surface area (Å²) >= 11 is 0. The van der Waals surface area contributed by atoms with Crippen LogP contribution in [0.1, 0.15) is 30.9 Å². The molecule has 1 heterocycles. The minimum absolute atomic E-state index is 0.00880. The Hall–Kier alpha value is -1.04. The van der Waals surface area contributed by atoms with Gasteiger partial charge >= 0.3 is 0 Å². The van der Waals surface area contributed by atoms with Crippen LogP contribution in [0.4, 0.5) is 8.78 Å². The molecule has 0 bridgehead atoms. The Morgan fingerprint density at radius 3 is 2.65 bits per heavy atom. The van der Waals surface area contributed by atoms with Crippen LogP contribution in [-0.4, -0.2) is 12.7 Å². The van der Waals surface area contributed by atoms with Crippen molar-refractivity contribution in [3.05, 3.63) is 35.4 Å². The maximum Gasteiger partial charge on any atom is 0.130 e. The van der Waals surface area contributed by atoms with Crippen molar-refractivity contribution in [2.45, 2.75) is 31.4 Å². The lowest BCUT2D eigenvalue weighted by atomic mass is 9.99. The van der Waals surface area contributed by atoms with Crippen molar-refractivity contribution in [2.75, 3.05) is 6.61 Å². The zero-order chi connectivity index (χ0) is 12.3. The van der Waals surface area contributed by atoms with Gasteiger partial charge in [-0.1, -0.05) is 6.07 Å². The number of rotatable bonds is 4. The van der Waals surface area contributed by atoms with Crippen molar-refractivity contribution < 1.29 is 13.5 Å². The zero-order valence-electron chi connectivity index (χ0n) is 9.46. The summed E-state index contributed by atoms with van der Waals surface area (Å²) in [6.45, 7) is 0.710. The van der Waals surface area contributed by atoms with Gasteiger partial charge in [-0.05, 0) is 31.4 Å². The van der Waals surface area contributed by atoms with E-state index in [0.717, 1.165) is 12.8 Å². The monoisotopic (exact) mass is 242 g/mol. The van der Waals surface area contributed by atoms with Crippen LogP contribution in [0.2, 0.25) is 0 Å². The lowest BCUT2D eigenvalue weighted by molar-refractivity contribution is 0.0938. The Labute approximate surface area is 98.9 Å². The van der Waals surface area contributed by atoms with E-state index in [9.17, 15) is 8.78 Å². The number of ether oxygens (including phenoxy) is 1. The van der Waals surface area contributed by atoms with Gasteiger partial charge < -0.3 is 4.74 Å². The molecule has 1 saturated heterocycles. The summed E-state index contributed by atoms with van der Waals surface area (Å²) in [5.41, 5.74) is 2.46. The fraction of sp³-hybridized carbons (Fsp3) is 0.500. The number of nitrogens with one attached hydrogen (secondary N) is 1. The van der Waals surface area contributed by atoms with Gasteiger partial charge in [-0.25, -0.2) is 8.78 Å². The molecule has 5 heteroatoms. The SMILES string of the molecule is NNC(CC1CCCO1)c1c(F)cccc1F. The third kappa shape index (κ3) is 2.80. The van der Waals surface area contributed by atoms with E-state index < -0.39 is 17.7 Å². The molecule has 1 aliphatic rings. The van der Waals surface area contributed by atoms with Gasteiger partial charge in [0.25, 0.3) is 0 Å². The van der Waals surface area contributed by atoms with Crippen LogP contribution in [0.15, 0.2) is 18.2 Å². The average Bonchev–Trinajstić information content (AvgIpc) is 2.80. The highest BCUT2D eigenvalue weighted by Gasteiger charge is 2.25. The molecule has 0 aliphatic carbocycles. The topological polar surface area (TPSA) is 47.3 Å². The summed E-state index contributed by atoms with van der Waals surface area (Å²) in [6.07, 6.45) is 2.40. The molecular weight excluding hydrogens is 226 g/mol. The fourth-order valence-electron chi connectivity index (χ4n) is 2.21. The maximum atomic E-state index is 13.6. The highest BCUT2D eigenvalue weighted by atomic mass is 19.1. The molecule has 94 valence electrons. The molecule has 0 spiro atoms. The molecule has 17 heavy (non-hydrogen) atoms. The molecule has 1 aromatic rings. The van der Waals surface area contributed by atoms with Crippen molar-refractivity contribution in [3.63, 3.8) is 0 Å². The Morgan fingerprint density at radius 2 is 2.12 bits per heavy atom. The van der Waals surface area contributed by atoms with E-state index in [1.165, 1.54) is 18.2 Å². The molecular formula is C12H16F2N2O. The minimum atomic E-state index is -0.578. The number of hydrogen-bond donors (Lipinski definition) is 2. The van der Waals surface area contributed by atoms with Gasteiger partial charge in [0.05, 0.1) is 12.1 Å². The van der Waals surface area contributed by atoms with Crippen LogP contribution in [-0.2, 0) is 4.74 Å². The van der Waals surface area contributed by atoms with E-state index in [1.54, 1.807) is 0 Å². The molecule has 0 radical (unpaired) electrons. The van der Waals surface area contributed by atoms with E-state index in [2.05, 4.69) is 5.43 Å². The summed E-state index contributed by atoms with van der Waals surface area (Å²) in [4.78, 5) is 0. The average molecular weight is 242 g/mol. The highest BCUT2D eigenvalue weighted by molar-refractivity contribution is 5.23. The molecule has 2 rings (SSSR count). The molecule has 1 aromatic carbocycles. The summed E-state index contributed by atoms with van der Waals surface area (Å²) in [6, 6.07) is 3.25. The van der Waals surface area contributed by atoms with E-state index in [0.29, 0.717) is 13.0 Å². The molecule has 0 saturated carbocycles. The number of hydrazine groups is 1. The Balaban J connectivity index is 2.16. The standard InChI is InChI=1S/C12H16F2N2O/c13-9-4-1-5-10(14)12(9)11(16-15)7-8-3-2-6-17-8/h1,4-5,8,11,16H,2-3,6-7,15H2. The zero-order valence-corrected chi connectivity index (χ0v) is 9.46. The lowest BCUT2D eigenvalue weighted by Gasteiger charge is -2.20. The normalized spacial score (nSPS) is 21.7. The molecule has 2 atom stereocenters. The van der Waals surface area contributed by atoms with Crippen molar-refractivity contribution in [3.8, 4) is 0 Å². The fourth-order valence-corrected chi connectivity index (χ4v) is 2.21. The first kappa shape index (κ1) is 12.4. The highest BCUT2D eigenvalue weighted by Crippen LogP contribution is 2.27. The predicted octanol–water partition coefficient (Wildman–Crippen LogP) is 2.04. The number of hydrogen-bond acceptors (Lipinski definition) is 3. The van der Waals surface area contributed by atoms with E-state index >= 15 is 0 Å². The maximum absolute atomic E-state index is 13.6. The van der Waals surface area contributed by atoms with Crippen LogP contribution >= 0.6 is 0 Å². The first-order chi connectivity index (χ1) is 8.22. The first-order valence-corrected chi connectivity index (χ1v) is 5.74. The van der Waals surface area contributed by atoms with Crippen LogP contribution in [0, 0.1) is 11.6 Å². The van der Waals surface area contributed by atoms with Crippen LogP contribution in [0.5, 0.6) is 0 Å².